The standard InChI is InChI=1S/C9H6F5N/c10-4-3(9(15)1-2-9)5(11)7(13)8(14)6(4)12/h1-2,15H2. The van der Waals surface area contributed by atoms with Crippen LogP contribution in [-0.4, -0.2) is 0 Å². The second-order valence-electron chi connectivity index (χ2n) is 3.60. The molecule has 1 aromatic rings. The Morgan fingerprint density at radius 3 is 1.40 bits per heavy atom. The maximum Gasteiger partial charge on any atom is 0.200 e. The van der Waals surface area contributed by atoms with Gasteiger partial charge in [0.15, 0.2) is 23.3 Å². The Labute approximate surface area is 81.7 Å². The summed E-state index contributed by atoms with van der Waals surface area (Å²) >= 11 is 0. The summed E-state index contributed by atoms with van der Waals surface area (Å²) in [5.41, 5.74) is 3.12. The van der Waals surface area contributed by atoms with Gasteiger partial charge in [-0.3, -0.25) is 0 Å². The normalized spacial score (nSPS) is 18.0. The smallest absolute Gasteiger partial charge is 0.200 e. The molecule has 6 heteroatoms. The highest BCUT2D eigenvalue weighted by Crippen LogP contribution is 2.46. The Morgan fingerprint density at radius 1 is 0.733 bits per heavy atom. The first-order chi connectivity index (χ1) is 6.88. The molecule has 0 aliphatic heterocycles. The first-order valence-electron chi connectivity index (χ1n) is 4.19. The fraction of sp³-hybridized carbons (Fsp3) is 0.333. The van der Waals surface area contributed by atoms with Gasteiger partial charge in [-0.15, -0.1) is 0 Å². The van der Waals surface area contributed by atoms with E-state index in [9.17, 15) is 22.0 Å². The van der Waals surface area contributed by atoms with E-state index in [1.807, 2.05) is 0 Å². The van der Waals surface area contributed by atoms with E-state index >= 15 is 0 Å². The summed E-state index contributed by atoms with van der Waals surface area (Å²) in [5.74, 6) is -9.70. The summed E-state index contributed by atoms with van der Waals surface area (Å²) in [5, 5.41) is 0. The van der Waals surface area contributed by atoms with Gasteiger partial charge in [0.25, 0.3) is 0 Å². The van der Waals surface area contributed by atoms with Crippen LogP contribution in [0.1, 0.15) is 18.4 Å². The van der Waals surface area contributed by atoms with E-state index in [1.54, 1.807) is 0 Å². The minimum absolute atomic E-state index is 0.214. The van der Waals surface area contributed by atoms with Gasteiger partial charge in [0.1, 0.15) is 0 Å². The van der Waals surface area contributed by atoms with E-state index in [4.69, 9.17) is 5.73 Å². The van der Waals surface area contributed by atoms with E-state index in [-0.39, 0.29) is 12.8 Å². The molecule has 1 aliphatic carbocycles. The molecule has 0 radical (unpaired) electrons. The molecule has 0 atom stereocenters. The molecule has 2 N–H and O–H groups in total. The van der Waals surface area contributed by atoms with Gasteiger partial charge in [-0.05, 0) is 12.8 Å². The minimum atomic E-state index is -2.15. The lowest BCUT2D eigenvalue weighted by Gasteiger charge is -2.13. The Kier molecular flexibility index (Phi) is 2.01. The molecule has 1 nitrogen and oxygen atoms in total. The third-order valence-electron chi connectivity index (χ3n) is 2.50. The first-order valence-corrected chi connectivity index (χ1v) is 4.19. The summed E-state index contributed by atoms with van der Waals surface area (Å²) in [6.45, 7) is 0. The van der Waals surface area contributed by atoms with Crippen molar-refractivity contribution >= 4 is 0 Å². The number of rotatable bonds is 1. The summed E-state index contributed by atoms with van der Waals surface area (Å²) in [6.07, 6.45) is 0.427. The van der Waals surface area contributed by atoms with Gasteiger partial charge in [-0.1, -0.05) is 0 Å². The molecule has 0 saturated heterocycles. The maximum absolute atomic E-state index is 13.1. The number of halogens is 5. The first kappa shape index (κ1) is 10.4. The molecule has 0 spiro atoms. The van der Waals surface area contributed by atoms with Crippen molar-refractivity contribution < 1.29 is 22.0 Å². The number of hydrogen-bond donors (Lipinski definition) is 1. The van der Waals surface area contributed by atoms with Crippen LogP contribution in [0.4, 0.5) is 22.0 Å². The van der Waals surface area contributed by atoms with E-state index in [2.05, 4.69) is 0 Å². The van der Waals surface area contributed by atoms with Crippen LogP contribution in [0.5, 0.6) is 0 Å². The van der Waals surface area contributed by atoms with E-state index < -0.39 is 40.2 Å². The molecular weight excluding hydrogens is 217 g/mol. The van der Waals surface area contributed by atoms with Gasteiger partial charge >= 0.3 is 0 Å². The Balaban J connectivity index is 2.74. The zero-order valence-electron chi connectivity index (χ0n) is 7.38. The van der Waals surface area contributed by atoms with Crippen LogP contribution < -0.4 is 5.73 Å². The van der Waals surface area contributed by atoms with Gasteiger partial charge in [0.2, 0.25) is 5.82 Å². The van der Waals surface area contributed by atoms with Crippen LogP contribution in [0, 0.1) is 29.1 Å². The average Bonchev–Trinajstić information content (AvgIpc) is 2.91. The molecule has 0 unspecified atom stereocenters. The number of nitrogens with two attached hydrogens (primary N) is 1. The van der Waals surface area contributed by atoms with Crippen molar-refractivity contribution in [3.63, 3.8) is 0 Å². The summed E-state index contributed by atoms with van der Waals surface area (Å²) in [6, 6.07) is 0. The van der Waals surface area contributed by atoms with Crippen LogP contribution in [0.15, 0.2) is 0 Å². The molecule has 15 heavy (non-hydrogen) atoms. The maximum atomic E-state index is 13.1. The molecule has 0 amide bonds. The van der Waals surface area contributed by atoms with Gasteiger partial charge < -0.3 is 5.73 Å². The predicted molar refractivity (Wildman–Crippen MR) is 41.3 cm³/mol. The van der Waals surface area contributed by atoms with Crippen molar-refractivity contribution in [3.8, 4) is 0 Å². The van der Waals surface area contributed by atoms with Crippen molar-refractivity contribution in [3.05, 3.63) is 34.6 Å². The largest absolute Gasteiger partial charge is 0.321 e. The molecule has 1 aliphatic rings. The molecule has 2 rings (SSSR count). The fourth-order valence-corrected chi connectivity index (χ4v) is 1.43. The Bertz CT molecular complexity index is 410. The lowest BCUT2D eigenvalue weighted by atomic mass is 10.0. The molecular formula is C9H6F5N. The molecule has 82 valence electrons. The molecule has 0 heterocycles. The highest BCUT2D eigenvalue weighted by atomic mass is 19.2. The summed E-state index contributed by atoms with van der Waals surface area (Å²) < 4.78 is 64.4. The van der Waals surface area contributed by atoms with Crippen LogP contribution >= 0.6 is 0 Å². The number of benzene rings is 1. The van der Waals surface area contributed by atoms with Crippen molar-refractivity contribution in [2.75, 3.05) is 0 Å². The fourth-order valence-electron chi connectivity index (χ4n) is 1.43. The zero-order valence-corrected chi connectivity index (χ0v) is 7.38. The van der Waals surface area contributed by atoms with Crippen molar-refractivity contribution in [1.82, 2.24) is 0 Å². The third-order valence-corrected chi connectivity index (χ3v) is 2.50. The van der Waals surface area contributed by atoms with Crippen molar-refractivity contribution in [2.24, 2.45) is 5.73 Å². The second kappa shape index (κ2) is 2.91. The van der Waals surface area contributed by atoms with Crippen LogP contribution in [0.3, 0.4) is 0 Å². The monoisotopic (exact) mass is 223 g/mol. The Hall–Kier alpha value is -1.17. The van der Waals surface area contributed by atoms with Crippen LogP contribution in [0.2, 0.25) is 0 Å². The minimum Gasteiger partial charge on any atom is -0.321 e. The van der Waals surface area contributed by atoms with E-state index in [1.165, 1.54) is 0 Å². The quantitative estimate of drug-likeness (QED) is 0.441. The Morgan fingerprint density at radius 2 is 1.07 bits per heavy atom. The molecule has 0 bridgehead atoms. The molecule has 1 saturated carbocycles. The van der Waals surface area contributed by atoms with Crippen LogP contribution in [0.25, 0.3) is 0 Å². The van der Waals surface area contributed by atoms with Crippen molar-refractivity contribution in [1.29, 1.82) is 0 Å². The van der Waals surface area contributed by atoms with Gasteiger partial charge in [0.05, 0.1) is 0 Å². The lowest BCUT2D eigenvalue weighted by Crippen LogP contribution is -2.24. The van der Waals surface area contributed by atoms with Gasteiger partial charge in [0, 0.05) is 11.1 Å². The van der Waals surface area contributed by atoms with Gasteiger partial charge in [-0.25, -0.2) is 22.0 Å². The zero-order chi connectivity index (χ0) is 11.4. The third kappa shape index (κ3) is 1.31. The molecule has 1 fully saturated rings. The average molecular weight is 223 g/mol. The topological polar surface area (TPSA) is 26.0 Å². The van der Waals surface area contributed by atoms with Crippen LogP contribution in [-0.2, 0) is 5.54 Å². The van der Waals surface area contributed by atoms with E-state index in [0.717, 1.165) is 0 Å². The number of hydrogen-bond acceptors (Lipinski definition) is 1. The van der Waals surface area contributed by atoms with Gasteiger partial charge in [-0.2, -0.15) is 0 Å². The van der Waals surface area contributed by atoms with Crippen molar-refractivity contribution in [2.45, 2.75) is 18.4 Å². The lowest BCUT2D eigenvalue weighted by molar-refractivity contribution is 0.362. The second-order valence-corrected chi connectivity index (χ2v) is 3.60. The highest BCUT2D eigenvalue weighted by molar-refractivity contribution is 5.34. The summed E-state index contributed by atoms with van der Waals surface area (Å²) in [7, 11) is 0. The summed E-state index contributed by atoms with van der Waals surface area (Å²) in [4.78, 5) is 0. The molecule has 1 aromatic carbocycles. The van der Waals surface area contributed by atoms with E-state index in [0.29, 0.717) is 0 Å². The highest BCUT2D eigenvalue weighted by Gasteiger charge is 2.46. The SMILES string of the molecule is NC1(c2c(F)c(F)c(F)c(F)c2F)CC1. The molecule has 0 aromatic heterocycles. The predicted octanol–water partition coefficient (Wildman–Crippen LogP) is 2.33.